The maximum atomic E-state index is 5.52. The van der Waals surface area contributed by atoms with Gasteiger partial charge in [-0.05, 0) is 39.2 Å². The summed E-state index contributed by atoms with van der Waals surface area (Å²) >= 11 is 0. The lowest BCUT2D eigenvalue weighted by molar-refractivity contribution is 0.102. The number of ether oxygens (including phenoxy) is 1. The minimum atomic E-state index is 0.199. The van der Waals surface area contributed by atoms with Crippen LogP contribution < -0.4 is 5.32 Å². The Kier molecular flexibility index (Phi) is 4.88. The molecule has 1 aliphatic rings. The van der Waals surface area contributed by atoms with Crippen LogP contribution in [0, 0.1) is 12.3 Å². The molecular formula is C11H19NO. The third-order valence-electron chi connectivity index (χ3n) is 2.43. The first-order valence-corrected chi connectivity index (χ1v) is 5.14. The largest absolute Gasteiger partial charge is 0.378 e. The first kappa shape index (κ1) is 10.6. The predicted molar refractivity (Wildman–Crippen MR) is 54.5 cm³/mol. The Labute approximate surface area is 81.0 Å². The maximum Gasteiger partial charge on any atom is 0.0658 e. The Balaban J connectivity index is 1.92. The third-order valence-corrected chi connectivity index (χ3v) is 2.43. The fourth-order valence-electron chi connectivity index (χ4n) is 1.58. The average Bonchev–Trinajstić information content (AvgIpc) is 2.64. The SMILES string of the molecule is C#CC(C)NCCCC1CCCO1. The second-order valence-corrected chi connectivity index (χ2v) is 3.62. The second-order valence-electron chi connectivity index (χ2n) is 3.62. The van der Waals surface area contributed by atoms with Crippen molar-refractivity contribution in [3.05, 3.63) is 0 Å². The van der Waals surface area contributed by atoms with E-state index >= 15 is 0 Å². The van der Waals surface area contributed by atoms with Crippen LogP contribution in [-0.2, 0) is 4.74 Å². The summed E-state index contributed by atoms with van der Waals surface area (Å²) in [4.78, 5) is 0. The summed E-state index contributed by atoms with van der Waals surface area (Å²) in [6.45, 7) is 3.97. The number of hydrogen-bond donors (Lipinski definition) is 1. The van der Waals surface area contributed by atoms with Gasteiger partial charge in [-0.3, -0.25) is 0 Å². The Morgan fingerprint density at radius 3 is 3.15 bits per heavy atom. The number of terminal acetylenes is 1. The Hall–Kier alpha value is -0.520. The highest BCUT2D eigenvalue weighted by Crippen LogP contribution is 2.16. The van der Waals surface area contributed by atoms with Crippen molar-refractivity contribution in [1.82, 2.24) is 5.32 Å². The summed E-state index contributed by atoms with van der Waals surface area (Å²) < 4.78 is 5.52. The maximum absolute atomic E-state index is 5.52. The average molecular weight is 181 g/mol. The summed E-state index contributed by atoms with van der Waals surface area (Å²) in [6.07, 6.45) is 10.6. The van der Waals surface area contributed by atoms with Crippen LogP contribution in [0.3, 0.4) is 0 Å². The zero-order valence-electron chi connectivity index (χ0n) is 8.38. The normalized spacial score (nSPS) is 24.2. The van der Waals surface area contributed by atoms with Gasteiger partial charge in [-0.15, -0.1) is 6.42 Å². The molecule has 1 N–H and O–H groups in total. The minimum absolute atomic E-state index is 0.199. The molecule has 74 valence electrons. The van der Waals surface area contributed by atoms with Gasteiger partial charge in [-0.25, -0.2) is 0 Å². The molecule has 2 atom stereocenters. The summed E-state index contributed by atoms with van der Waals surface area (Å²) in [5, 5.41) is 3.26. The van der Waals surface area contributed by atoms with E-state index in [0.717, 1.165) is 19.6 Å². The fourth-order valence-corrected chi connectivity index (χ4v) is 1.58. The van der Waals surface area contributed by atoms with Gasteiger partial charge in [0.25, 0.3) is 0 Å². The van der Waals surface area contributed by atoms with Gasteiger partial charge in [0, 0.05) is 6.61 Å². The Morgan fingerprint density at radius 1 is 1.69 bits per heavy atom. The molecule has 13 heavy (non-hydrogen) atoms. The molecule has 2 heteroatoms. The van der Waals surface area contributed by atoms with Crippen LogP contribution in [0.5, 0.6) is 0 Å². The molecular weight excluding hydrogens is 162 g/mol. The summed E-state index contributed by atoms with van der Waals surface area (Å²) in [5.74, 6) is 2.65. The molecule has 2 nitrogen and oxygen atoms in total. The lowest BCUT2D eigenvalue weighted by atomic mass is 10.1. The molecule has 0 radical (unpaired) electrons. The van der Waals surface area contributed by atoms with Crippen LogP contribution in [0.15, 0.2) is 0 Å². The van der Waals surface area contributed by atoms with Crippen LogP contribution in [0.1, 0.15) is 32.6 Å². The van der Waals surface area contributed by atoms with Gasteiger partial charge < -0.3 is 10.1 Å². The molecule has 0 saturated carbocycles. The molecule has 1 fully saturated rings. The van der Waals surface area contributed by atoms with Gasteiger partial charge in [-0.2, -0.15) is 0 Å². The van der Waals surface area contributed by atoms with E-state index in [1.165, 1.54) is 19.3 Å². The van der Waals surface area contributed by atoms with Gasteiger partial charge in [0.05, 0.1) is 12.1 Å². The number of nitrogens with one attached hydrogen (secondary N) is 1. The van der Waals surface area contributed by atoms with Gasteiger partial charge in [0.1, 0.15) is 0 Å². The van der Waals surface area contributed by atoms with E-state index in [1.54, 1.807) is 0 Å². The van der Waals surface area contributed by atoms with E-state index in [-0.39, 0.29) is 6.04 Å². The zero-order chi connectivity index (χ0) is 9.52. The van der Waals surface area contributed by atoms with Crippen LogP contribution in [-0.4, -0.2) is 25.3 Å². The second kappa shape index (κ2) is 6.01. The molecule has 0 spiro atoms. The Bertz CT molecular complexity index is 167. The molecule has 0 aromatic heterocycles. The predicted octanol–water partition coefficient (Wildman–Crippen LogP) is 1.56. The van der Waals surface area contributed by atoms with Crippen LogP contribution >= 0.6 is 0 Å². The lowest BCUT2D eigenvalue weighted by Crippen LogP contribution is -2.25. The van der Waals surface area contributed by atoms with E-state index < -0.39 is 0 Å². The van der Waals surface area contributed by atoms with E-state index in [9.17, 15) is 0 Å². The third kappa shape index (κ3) is 4.31. The highest BCUT2D eigenvalue weighted by molar-refractivity contribution is 4.95. The number of rotatable bonds is 5. The zero-order valence-corrected chi connectivity index (χ0v) is 8.38. The molecule has 1 heterocycles. The van der Waals surface area contributed by atoms with Crippen LogP contribution in [0.2, 0.25) is 0 Å². The molecule has 1 aliphatic heterocycles. The lowest BCUT2D eigenvalue weighted by Gasteiger charge is -2.10. The highest BCUT2D eigenvalue weighted by atomic mass is 16.5. The van der Waals surface area contributed by atoms with Gasteiger partial charge in [0.2, 0.25) is 0 Å². The first-order chi connectivity index (χ1) is 6.33. The van der Waals surface area contributed by atoms with Crippen molar-refractivity contribution in [3.8, 4) is 12.3 Å². The van der Waals surface area contributed by atoms with Crippen molar-refractivity contribution >= 4 is 0 Å². The molecule has 2 unspecified atom stereocenters. The molecule has 0 aromatic rings. The van der Waals surface area contributed by atoms with Crippen LogP contribution in [0.4, 0.5) is 0 Å². The summed E-state index contributed by atoms with van der Waals surface area (Å²) in [5.41, 5.74) is 0. The van der Waals surface area contributed by atoms with E-state index in [1.807, 2.05) is 6.92 Å². The standard InChI is InChI=1S/C11H19NO/c1-3-10(2)12-8-4-6-11-7-5-9-13-11/h1,10-12H,4-9H2,2H3. The molecule has 0 aromatic carbocycles. The van der Waals surface area contributed by atoms with E-state index in [0.29, 0.717) is 6.10 Å². The van der Waals surface area contributed by atoms with Crippen molar-refractivity contribution in [3.63, 3.8) is 0 Å². The van der Waals surface area contributed by atoms with Gasteiger partial charge in [0.15, 0.2) is 0 Å². The first-order valence-electron chi connectivity index (χ1n) is 5.14. The monoisotopic (exact) mass is 181 g/mol. The Morgan fingerprint density at radius 2 is 2.54 bits per heavy atom. The number of hydrogen-bond acceptors (Lipinski definition) is 2. The van der Waals surface area contributed by atoms with Crippen LogP contribution in [0.25, 0.3) is 0 Å². The van der Waals surface area contributed by atoms with Crippen molar-refractivity contribution in [2.24, 2.45) is 0 Å². The van der Waals surface area contributed by atoms with E-state index in [2.05, 4.69) is 11.2 Å². The molecule has 1 rings (SSSR count). The molecule has 0 amide bonds. The minimum Gasteiger partial charge on any atom is -0.378 e. The van der Waals surface area contributed by atoms with Crippen molar-refractivity contribution < 1.29 is 4.74 Å². The molecule has 0 aliphatic carbocycles. The van der Waals surface area contributed by atoms with Gasteiger partial charge in [-0.1, -0.05) is 5.92 Å². The molecule has 1 saturated heterocycles. The molecule has 0 bridgehead atoms. The smallest absolute Gasteiger partial charge is 0.0658 e. The summed E-state index contributed by atoms with van der Waals surface area (Å²) in [7, 11) is 0. The summed E-state index contributed by atoms with van der Waals surface area (Å²) in [6, 6.07) is 0.199. The van der Waals surface area contributed by atoms with Crippen molar-refractivity contribution in [1.29, 1.82) is 0 Å². The van der Waals surface area contributed by atoms with E-state index in [4.69, 9.17) is 11.2 Å². The quantitative estimate of drug-likeness (QED) is 0.513. The highest BCUT2D eigenvalue weighted by Gasteiger charge is 2.14. The van der Waals surface area contributed by atoms with Crippen molar-refractivity contribution in [2.75, 3.05) is 13.2 Å². The van der Waals surface area contributed by atoms with Crippen molar-refractivity contribution in [2.45, 2.75) is 44.8 Å². The van der Waals surface area contributed by atoms with Gasteiger partial charge >= 0.3 is 0 Å². The topological polar surface area (TPSA) is 21.3 Å². The fraction of sp³-hybridized carbons (Fsp3) is 0.818.